The number of aliphatic hydroxyl groups excluding tert-OH is 2. The molecule has 1 aromatic rings. The van der Waals surface area contributed by atoms with E-state index in [0.717, 1.165) is 51.5 Å². The standard InChI is InChI=1S/C36H64N6O7/c1-24-18-36(6,46-10)32(49-33-30(43)29(39(7)8)17-25(2)48-33)26(3)31(44)35(4,5)34(45)47-22-28(40(9)19-24)21-42-15-13-41(14-16-42)20-27-11-12-37-23-38-27/h11-12,23-26,28-33,43-44H,13-22H2,1-10H3/t24-,25-,26+,28-,29+,30-,31?,32-,33+,36-/m1/s1. The van der Waals surface area contributed by atoms with Crippen molar-refractivity contribution in [1.82, 2.24) is 29.6 Å². The Bertz CT molecular complexity index is 1170. The molecule has 13 nitrogen and oxygen atoms in total. The van der Waals surface area contributed by atoms with Gasteiger partial charge in [0.2, 0.25) is 0 Å². The Labute approximate surface area is 294 Å². The van der Waals surface area contributed by atoms with Crippen molar-refractivity contribution >= 4 is 5.97 Å². The average molecular weight is 693 g/mol. The molecule has 0 spiro atoms. The summed E-state index contributed by atoms with van der Waals surface area (Å²) in [6.07, 6.45) is 0.846. The molecule has 49 heavy (non-hydrogen) atoms. The molecule has 3 saturated heterocycles. The van der Waals surface area contributed by atoms with Crippen LogP contribution in [0.4, 0.5) is 0 Å². The first-order valence-electron chi connectivity index (χ1n) is 18.0. The van der Waals surface area contributed by atoms with E-state index in [9.17, 15) is 15.0 Å². The van der Waals surface area contributed by atoms with Crippen molar-refractivity contribution in [3.05, 3.63) is 24.3 Å². The molecular formula is C36H64N6O7. The molecule has 1 unspecified atom stereocenters. The van der Waals surface area contributed by atoms with Gasteiger partial charge in [0.1, 0.15) is 19.0 Å². The number of rotatable bonds is 8. The second-order valence-corrected chi connectivity index (χ2v) is 16.0. The summed E-state index contributed by atoms with van der Waals surface area (Å²) < 4.78 is 25.2. The minimum Gasteiger partial charge on any atom is -0.463 e. The molecule has 4 heterocycles. The molecule has 13 heteroatoms. The van der Waals surface area contributed by atoms with E-state index in [1.165, 1.54) is 0 Å². The Morgan fingerprint density at radius 2 is 1.76 bits per heavy atom. The number of carbonyl (C=O) groups excluding carboxylic acids is 1. The molecule has 10 atom stereocenters. The van der Waals surface area contributed by atoms with Gasteiger partial charge in [0.15, 0.2) is 6.29 Å². The van der Waals surface area contributed by atoms with Crippen LogP contribution < -0.4 is 0 Å². The van der Waals surface area contributed by atoms with Crippen LogP contribution >= 0.6 is 0 Å². The summed E-state index contributed by atoms with van der Waals surface area (Å²) in [5.74, 6) is -0.869. The van der Waals surface area contributed by atoms with Gasteiger partial charge in [-0.15, -0.1) is 0 Å². The molecule has 0 bridgehead atoms. The van der Waals surface area contributed by atoms with Crippen LogP contribution in [-0.4, -0.2) is 168 Å². The zero-order valence-electron chi connectivity index (χ0n) is 31.6. The van der Waals surface area contributed by atoms with E-state index in [2.05, 4.69) is 38.6 Å². The van der Waals surface area contributed by atoms with Crippen LogP contribution in [0, 0.1) is 17.3 Å². The largest absolute Gasteiger partial charge is 0.463 e. The van der Waals surface area contributed by atoms with Gasteiger partial charge in [0, 0.05) is 71.1 Å². The van der Waals surface area contributed by atoms with Crippen molar-refractivity contribution in [2.45, 2.75) is 109 Å². The first-order chi connectivity index (χ1) is 23.0. The lowest BCUT2D eigenvalue weighted by molar-refractivity contribution is -0.302. The number of nitrogens with zero attached hydrogens (tertiary/aromatic N) is 6. The van der Waals surface area contributed by atoms with Gasteiger partial charge in [-0.2, -0.15) is 0 Å². The Morgan fingerprint density at radius 1 is 1.08 bits per heavy atom. The smallest absolute Gasteiger partial charge is 0.314 e. The normalized spacial score (nSPS) is 38.0. The maximum Gasteiger partial charge on any atom is 0.314 e. The lowest BCUT2D eigenvalue weighted by Gasteiger charge is -2.48. The Hall–Kier alpha value is -1.81. The van der Waals surface area contributed by atoms with Crippen LogP contribution in [0.25, 0.3) is 0 Å². The van der Waals surface area contributed by atoms with Gasteiger partial charge >= 0.3 is 5.97 Å². The summed E-state index contributed by atoms with van der Waals surface area (Å²) in [5, 5.41) is 23.3. The maximum absolute atomic E-state index is 13.8. The summed E-state index contributed by atoms with van der Waals surface area (Å²) >= 11 is 0. The van der Waals surface area contributed by atoms with Crippen LogP contribution in [0.5, 0.6) is 0 Å². The van der Waals surface area contributed by atoms with Gasteiger partial charge in [-0.05, 0) is 73.7 Å². The number of ether oxygens (including phenoxy) is 4. The molecule has 0 radical (unpaired) electrons. The van der Waals surface area contributed by atoms with Crippen molar-refractivity contribution in [2.75, 3.05) is 74.1 Å². The third-order valence-electron chi connectivity index (χ3n) is 11.2. The summed E-state index contributed by atoms with van der Waals surface area (Å²) in [7, 11) is 7.64. The number of esters is 1. The van der Waals surface area contributed by atoms with Gasteiger partial charge in [-0.25, -0.2) is 9.97 Å². The highest BCUT2D eigenvalue weighted by Crippen LogP contribution is 2.40. The number of hydrogen-bond donors (Lipinski definition) is 2. The van der Waals surface area contributed by atoms with Crippen molar-refractivity contribution < 1.29 is 34.0 Å². The van der Waals surface area contributed by atoms with E-state index in [1.807, 2.05) is 45.8 Å². The quantitative estimate of drug-likeness (QED) is 0.384. The third kappa shape index (κ3) is 9.95. The van der Waals surface area contributed by atoms with Gasteiger partial charge in [-0.1, -0.05) is 13.8 Å². The van der Waals surface area contributed by atoms with Crippen molar-refractivity contribution in [2.24, 2.45) is 17.3 Å². The van der Waals surface area contributed by atoms with Crippen LogP contribution in [0.15, 0.2) is 18.6 Å². The number of cyclic esters (lactones) is 1. The number of aromatic nitrogens is 2. The second kappa shape index (κ2) is 17.1. The van der Waals surface area contributed by atoms with E-state index in [-0.39, 0.29) is 30.7 Å². The van der Waals surface area contributed by atoms with E-state index in [4.69, 9.17) is 18.9 Å². The minimum atomic E-state index is -1.24. The Kier molecular flexibility index (Phi) is 14.0. The van der Waals surface area contributed by atoms with Gasteiger partial charge in [-0.3, -0.25) is 19.5 Å². The predicted octanol–water partition coefficient (Wildman–Crippen LogP) is 1.72. The molecule has 280 valence electrons. The molecule has 0 amide bonds. The first kappa shape index (κ1) is 40.0. The second-order valence-electron chi connectivity index (χ2n) is 16.0. The number of likely N-dealkylation sites (N-methyl/N-ethyl adjacent to an activating group) is 2. The van der Waals surface area contributed by atoms with E-state index in [1.54, 1.807) is 33.5 Å². The highest BCUT2D eigenvalue weighted by Gasteiger charge is 2.51. The zero-order chi connectivity index (χ0) is 36.1. The molecule has 4 rings (SSSR count). The van der Waals surface area contributed by atoms with Crippen LogP contribution in [0.1, 0.15) is 60.1 Å². The third-order valence-corrected chi connectivity index (χ3v) is 11.2. The summed E-state index contributed by atoms with van der Waals surface area (Å²) in [4.78, 5) is 31.3. The lowest BCUT2D eigenvalue weighted by atomic mass is 9.73. The topological polar surface area (TPSA) is 133 Å². The van der Waals surface area contributed by atoms with Crippen LogP contribution in [0.2, 0.25) is 0 Å². The fourth-order valence-electron chi connectivity index (χ4n) is 8.03. The number of methoxy groups -OCH3 is 1. The molecule has 3 aliphatic rings. The molecule has 0 saturated carbocycles. The molecule has 0 aromatic carbocycles. The predicted molar refractivity (Wildman–Crippen MR) is 187 cm³/mol. The minimum absolute atomic E-state index is 0.0398. The molecule has 3 fully saturated rings. The molecule has 2 N–H and O–H groups in total. The fourth-order valence-corrected chi connectivity index (χ4v) is 8.03. The average Bonchev–Trinajstić information content (AvgIpc) is 3.06. The number of piperazine rings is 1. The molecule has 0 aliphatic carbocycles. The molecule has 3 aliphatic heterocycles. The monoisotopic (exact) mass is 692 g/mol. The Balaban J connectivity index is 1.53. The Morgan fingerprint density at radius 3 is 2.37 bits per heavy atom. The van der Waals surface area contributed by atoms with Gasteiger partial charge < -0.3 is 34.1 Å². The summed E-state index contributed by atoms with van der Waals surface area (Å²) in [5.41, 5.74) is -1.10. The first-order valence-corrected chi connectivity index (χ1v) is 18.0. The fraction of sp³-hybridized carbons (Fsp3) is 0.861. The van der Waals surface area contributed by atoms with E-state index < -0.39 is 47.5 Å². The van der Waals surface area contributed by atoms with Gasteiger partial charge in [0.05, 0.1) is 41.1 Å². The lowest BCUT2D eigenvalue weighted by Crippen LogP contribution is -2.60. The van der Waals surface area contributed by atoms with E-state index >= 15 is 0 Å². The summed E-state index contributed by atoms with van der Waals surface area (Å²) in [6.45, 7) is 17.7. The van der Waals surface area contributed by atoms with Crippen LogP contribution in [0.3, 0.4) is 0 Å². The SMILES string of the molecule is CO[C@]1(C)C[C@@H](C)CN(C)[C@H](CN2CCN(Cc3ccncn3)CC2)COC(=O)C(C)(C)C(O)[C@H](C)[C@H]1O[C@@H]1O[C@H](C)C[C@H](N(C)C)[C@H]1O. The van der Waals surface area contributed by atoms with Crippen molar-refractivity contribution in [1.29, 1.82) is 0 Å². The van der Waals surface area contributed by atoms with Crippen molar-refractivity contribution in [3.63, 3.8) is 0 Å². The zero-order valence-corrected chi connectivity index (χ0v) is 31.6. The highest BCUT2D eigenvalue weighted by atomic mass is 16.7. The molecular weight excluding hydrogens is 628 g/mol. The number of carbonyl (C=O) groups is 1. The maximum atomic E-state index is 13.8. The number of aliphatic hydroxyl groups is 2. The number of hydrogen-bond acceptors (Lipinski definition) is 13. The van der Waals surface area contributed by atoms with Gasteiger partial charge in [0.25, 0.3) is 0 Å². The van der Waals surface area contributed by atoms with E-state index in [0.29, 0.717) is 12.8 Å². The van der Waals surface area contributed by atoms with Crippen LogP contribution in [-0.2, 0) is 30.3 Å². The molecule has 1 aromatic heterocycles. The highest BCUT2D eigenvalue weighted by molar-refractivity contribution is 5.76. The summed E-state index contributed by atoms with van der Waals surface area (Å²) in [6, 6.07) is 1.76. The van der Waals surface area contributed by atoms with Crippen molar-refractivity contribution in [3.8, 4) is 0 Å².